The van der Waals surface area contributed by atoms with Gasteiger partial charge in [0.1, 0.15) is 0 Å². The maximum atomic E-state index is 12.5. The molecule has 0 atom stereocenters. The minimum atomic E-state index is -0.360. The first-order valence-corrected chi connectivity index (χ1v) is 9.28. The van der Waals surface area contributed by atoms with Gasteiger partial charge in [0, 0.05) is 17.4 Å². The van der Waals surface area contributed by atoms with Crippen molar-refractivity contribution >= 4 is 23.1 Å². The quantitative estimate of drug-likeness (QED) is 0.621. The van der Waals surface area contributed by atoms with Gasteiger partial charge in [-0.05, 0) is 48.7 Å². The fourth-order valence-electron chi connectivity index (χ4n) is 2.96. The number of aromatic nitrogens is 2. The van der Waals surface area contributed by atoms with Gasteiger partial charge in [-0.3, -0.25) is 4.79 Å². The number of anilines is 3. The van der Waals surface area contributed by atoms with Crippen LogP contribution in [0.15, 0.2) is 48.5 Å². The highest BCUT2D eigenvalue weighted by Crippen LogP contribution is 2.30. The van der Waals surface area contributed by atoms with Gasteiger partial charge in [0.25, 0.3) is 5.91 Å². The van der Waals surface area contributed by atoms with Crippen molar-refractivity contribution in [1.82, 2.24) is 10.2 Å². The molecule has 3 aromatic rings. The van der Waals surface area contributed by atoms with Gasteiger partial charge in [0.15, 0.2) is 23.0 Å². The third-order valence-corrected chi connectivity index (χ3v) is 4.53. The van der Waals surface area contributed by atoms with Crippen LogP contribution in [-0.2, 0) is 6.42 Å². The fourth-order valence-corrected chi connectivity index (χ4v) is 2.96. The van der Waals surface area contributed by atoms with Gasteiger partial charge in [-0.15, -0.1) is 10.2 Å². The normalized spacial score (nSPS) is 10.3. The van der Waals surface area contributed by atoms with Crippen LogP contribution < -0.4 is 20.1 Å². The minimum Gasteiger partial charge on any atom is -0.493 e. The molecule has 0 aliphatic rings. The molecular weight excluding hydrogens is 368 g/mol. The number of carbonyl (C=O) groups excluding carboxylic acids is 1. The second-order valence-corrected chi connectivity index (χ2v) is 6.42. The number of para-hydroxylation sites is 1. The second-order valence-electron chi connectivity index (χ2n) is 6.42. The number of carbonyl (C=O) groups is 1. The highest BCUT2D eigenvalue weighted by Gasteiger charge is 2.12. The van der Waals surface area contributed by atoms with E-state index >= 15 is 0 Å². The van der Waals surface area contributed by atoms with Crippen LogP contribution in [0, 0.1) is 6.92 Å². The first kappa shape index (κ1) is 20.1. The Balaban J connectivity index is 1.73. The summed E-state index contributed by atoms with van der Waals surface area (Å²) in [7, 11) is 3.10. The summed E-state index contributed by atoms with van der Waals surface area (Å²) in [5, 5.41) is 14.3. The lowest BCUT2D eigenvalue weighted by Gasteiger charge is -2.13. The Kier molecular flexibility index (Phi) is 6.29. The van der Waals surface area contributed by atoms with Gasteiger partial charge >= 0.3 is 0 Å². The summed E-state index contributed by atoms with van der Waals surface area (Å²) in [4.78, 5) is 12.5. The zero-order valence-electron chi connectivity index (χ0n) is 16.9. The van der Waals surface area contributed by atoms with E-state index in [0.29, 0.717) is 23.0 Å². The van der Waals surface area contributed by atoms with Crippen molar-refractivity contribution in [1.29, 1.82) is 0 Å². The first-order chi connectivity index (χ1) is 14.0. The van der Waals surface area contributed by atoms with Crippen LogP contribution in [0.4, 0.5) is 17.2 Å². The van der Waals surface area contributed by atoms with Crippen molar-refractivity contribution in [2.24, 2.45) is 0 Å². The van der Waals surface area contributed by atoms with E-state index in [1.54, 1.807) is 44.6 Å². The summed E-state index contributed by atoms with van der Waals surface area (Å²) < 4.78 is 10.5. The van der Waals surface area contributed by atoms with Gasteiger partial charge in [0.2, 0.25) is 0 Å². The zero-order chi connectivity index (χ0) is 20.8. The van der Waals surface area contributed by atoms with E-state index in [9.17, 15) is 4.79 Å². The topological polar surface area (TPSA) is 85.4 Å². The smallest absolute Gasteiger partial charge is 0.276 e. The Bertz CT molecular complexity index is 1000. The van der Waals surface area contributed by atoms with Crippen molar-refractivity contribution in [3.63, 3.8) is 0 Å². The molecule has 0 fully saturated rings. The minimum absolute atomic E-state index is 0.214. The number of hydrogen-bond acceptors (Lipinski definition) is 6. The van der Waals surface area contributed by atoms with E-state index in [0.717, 1.165) is 17.7 Å². The van der Waals surface area contributed by atoms with Gasteiger partial charge in [-0.2, -0.15) is 0 Å². The molecule has 29 heavy (non-hydrogen) atoms. The van der Waals surface area contributed by atoms with Gasteiger partial charge in [-0.1, -0.05) is 25.1 Å². The van der Waals surface area contributed by atoms with Crippen LogP contribution in [0.3, 0.4) is 0 Å². The predicted octanol–water partition coefficient (Wildman–Crippen LogP) is 4.36. The number of aryl methyl sites for hydroxylation is 2. The van der Waals surface area contributed by atoms with Crippen molar-refractivity contribution in [2.45, 2.75) is 20.3 Å². The molecule has 0 bridgehead atoms. The number of benzene rings is 2. The number of amides is 1. The summed E-state index contributed by atoms with van der Waals surface area (Å²) >= 11 is 0. The Morgan fingerprint density at radius 2 is 1.79 bits per heavy atom. The molecule has 0 radical (unpaired) electrons. The third kappa shape index (κ3) is 4.63. The molecule has 0 aliphatic carbocycles. The number of methoxy groups -OCH3 is 2. The molecule has 0 aliphatic heterocycles. The Morgan fingerprint density at radius 1 is 1.00 bits per heavy atom. The average molecular weight is 392 g/mol. The maximum Gasteiger partial charge on any atom is 0.276 e. The lowest BCUT2D eigenvalue weighted by Crippen LogP contribution is -2.14. The molecule has 2 N–H and O–H groups in total. The van der Waals surface area contributed by atoms with Crippen molar-refractivity contribution in [2.75, 3.05) is 24.9 Å². The molecule has 7 nitrogen and oxygen atoms in total. The van der Waals surface area contributed by atoms with Crippen LogP contribution >= 0.6 is 0 Å². The van der Waals surface area contributed by atoms with Crippen LogP contribution in [-0.4, -0.2) is 30.3 Å². The number of nitrogens with one attached hydrogen (secondary N) is 2. The summed E-state index contributed by atoms with van der Waals surface area (Å²) in [6.07, 6.45) is 0.906. The Hall–Kier alpha value is -3.61. The molecule has 0 saturated carbocycles. The summed E-state index contributed by atoms with van der Waals surface area (Å²) in [6.45, 7) is 4.15. The van der Waals surface area contributed by atoms with E-state index in [4.69, 9.17) is 9.47 Å². The number of rotatable bonds is 7. The van der Waals surface area contributed by atoms with E-state index in [-0.39, 0.29) is 11.6 Å². The first-order valence-electron chi connectivity index (χ1n) is 9.28. The number of hydrogen-bond donors (Lipinski definition) is 2. The lowest BCUT2D eigenvalue weighted by atomic mass is 10.1. The van der Waals surface area contributed by atoms with E-state index in [2.05, 4.69) is 33.8 Å². The fraction of sp³-hybridized carbons (Fsp3) is 0.227. The van der Waals surface area contributed by atoms with E-state index in [1.165, 1.54) is 5.56 Å². The molecule has 7 heteroatoms. The van der Waals surface area contributed by atoms with Crippen LogP contribution in [0.2, 0.25) is 0 Å². The molecule has 1 amide bonds. The standard InChI is InChI=1S/C22H24N4O3/c1-5-15-8-6-7-14(2)21(15)24-20-12-10-17(25-26-20)22(27)23-16-9-11-18(28-3)19(13-16)29-4/h6-13H,5H2,1-4H3,(H,23,27)(H,24,26). The summed E-state index contributed by atoms with van der Waals surface area (Å²) in [6, 6.07) is 14.7. The summed E-state index contributed by atoms with van der Waals surface area (Å²) in [5.41, 5.74) is 4.13. The van der Waals surface area contributed by atoms with Gasteiger partial charge in [0.05, 0.1) is 14.2 Å². The number of ether oxygens (including phenoxy) is 2. The van der Waals surface area contributed by atoms with Crippen LogP contribution in [0.1, 0.15) is 28.5 Å². The highest BCUT2D eigenvalue weighted by atomic mass is 16.5. The van der Waals surface area contributed by atoms with Crippen LogP contribution in [0.5, 0.6) is 11.5 Å². The molecule has 150 valence electrons. The van der Waals surface area contributed by atoms with Gasteiger partial charge < -0.3 is 20.1 Å². The lowest BCUT2D eigenvalue weighted by molar-refractivity contribution is 0.102. The third-order valence-electron chi connectivity index (χ3n) is 4.53. The van der Waals surface area contributed by atoms with Crippen molar-refractivity contribution < 1.29 is 14.3 Å². The largest absolute Gasteiger partial charge is 0.493 e. The zero-order valence-corrected chi connectivity index (χ0v) is 16.9. The van der Waals surface area contributed by atoms with Crippen LogP contribution in [0.25, 0.3) is 0 Å². The summed E-state index contributed by atoms with van der Waals surface area (Å²) in [5.74, 6) is 1.34. The van der Waals surface area contributed by atoms with E-state index in [1.807, 2.05) is 19.1 Å². The van der Waals surface area contributed by atoms with Crippen molar-refractivity contribution in [3.8, 4) is 11.5 Å². The van der Waals surface area contributed by atoms with E-state index < -0.39 is 0 Å². The molecule has 1 heterocycles. The highest BCUT2D eigenvalue weighted by molar-refractivity contribution is 6.03. The van der Waals surface area contributed by atoms with Crippen molar-refractivity contribution in [3.05, 3.63) is 65.4 Å². The average Bonchev–Trinajstić information content (AvgIpc) is 2.75. The SMILES string of the molecule is CCc1cccc(C)c1Nc1ccc(C(=O)Nc2ccc(OC)c(OC)c2)nn1. The Labute approximate surface area is 170 Å². The molecule has 1 aromatic heterocycles. The Morgan fingerprint density at radius 3 is 2.45 bits per heavy atom. The molecule has 0 unspecified atom stereocenters. The monoisotopic (exact) mass is 392 g/mol. The maximum absolute atomic E-state index is 12.5. The molecule has 2 aromatic carbocycles. The molecule has 3 rings (SSSR count). The second kappa shape index (κ2) is 9.05. The number of nitrogens with zero attached hydrogens (tertiary/aromatic N) is 2. The molecular formula is C22H24N4O3. The van der Waals surface area contributed by atoms with Gasteiger partial charge in [-0.25, -0.2) is 0 Å². The molecule has 0 spiro atoms. The predicted molar refractivity (Wildman–Crippen MR) is 113 cm³/mol. The molecule has 0 saturated heterocycles.